The molecular weight excluding hydrogens is 310 g/mol. The summed E-state index contributed by atoms with van der Waals surface area (Å²) in [6.07, 6.45) is 9.82. The van der Waals surface area contributed by atoms with Crippen LogP contribution in [0.2, 0.25) is 0 Å². The van der Waals surface area contributed by atoms with Crippen LogP contribution in [0.3, 0.4) is 0 Å². The summed E-state index contributed by atoms with van der Waals surface area (Å²) in [5.74, 6) is 3.68. The van der Waals surface area contributed by atoms with E-state index in [1.54, 1.807) is 0 Å². The smallest absolute Gasteiger partial charge is 0.260 e. The molecule has 3 nitrogen and oxygen atoms in total. The molecule has 0 unspecified atom stereocenters. The number of fused-ring (bicyclic) bond motifs is 1. The van der Waals surface area contributed by atoms with E-state index < -0.39 is 0 Å². The summed E-state index contributed by atoms with van der Waals surface area (Å²) >= 11 is 0. The first-order valence-electron chi connectivity index (χ1n) is 10.1. The molecule has 4 aliphatic carbocycles. The van der Waals surface area contributed by atoms with E-state index in [-0.39, 0.29) is 12.5 Å². The molecule has 0 N–H and O–H groups in total. The van der Waals surface area contributed by atoms with Gasteiger partial charge in [0.05, 0.1) is 0 Å². The van der Waals surface area contributed by atoms with Crippen molar-refractivity contribution in [3.8, 4) is 5.75 Å². The molecule has 0 aromatic heterocycles. The quantitative estimate of drug-likeness (QED) is 0.761. The fraction of sp³-hybridized carbons (Fsp3) is 0.682. The number of amides is 1. The van der Waals surface area contributed by atoms with Crippen molar-refractivity contribution in [1.29, 1.82) is 0 Å². The summed E-state index contributed by atoms with van der Waals surface area (Å²) in [6, 6.07) is 9.66. The van der Waals surface area contributed by atoms with Crippen LogP contribution >= 0.6 is 0 Å². The van der Waals surface area contributed by atoms with E-state index >= 15 is 0 Å². The van der Waals surface area contributed by atoms with Gasteiger partial charge in [-0.25, -0.2) is 0 Å². The molecule has 4 bridgehead atoms. The van der Waals surface area contributed by atoms with Gasteiger partial charge in [0.1, 0.15) is 5.75 Å². The molecule has 136 valence electrons. The van der Waals surface area contributed by atoms with Crippen LogP contribution in [-0.2, 0) is 4.79 Å². The maximum absolute atomic E-state index is 12.8. The molecule has 25 heavy (non-hydrogen) atoms. The minimum Gasteiger partial charge on any atom is -0.484 e. The van der Waals surface area contributed by atoms with Crippen molar-refractivity contribution in [2.75, 3.05) is 19.7 Å². The zero-order valence-electron chi connectivity index (χ0n) is 15.5. The van der Waals surface area contributed by atoms with Gasteiger partial charge in [0.25, 0.3) is 5.91 Å². The monoisotopic (exact) mass is 341 g/mol. The van der Waals surface area contributed by atoms with E-state index in [9.17, 15) is 4.79 Å². The van der Waals surface area contributed by atoms with Crippen molar-refractivity contribution in [3.05, 3.63) is 30.3 Å². The molecule has 1 amide bonds. The number of rotatable bonds is 6. The maximum atomic E-state index is 12.8. The number of hydrogen-bond acceptors (Lipinski definition) is 2. The molecule has 0 radical (unpaired) electrons. The second kappa shape index (κ2) is 7.01. The van der Waals surface area contributed by atoms with Crippen LogP contribution in [0.4, 0.5) is 0 Å². The molecule has 0 heterocycles. The SMILES string of the molecule is CCN(CC12CC3C[C@@H](CC[C@H](C3)C1)C2)C(=O)COc1ccccc1. The largest absolute Gasteiger partial charge is 0.484 e. The average Bonchev–Trinajstić information content (AvgIpc) is 2.84. The Morgan fingerprint density at radius 1 is 1.08 bits per heavy atom. The van der Waals surface area contributed by atoms with E-state index in [2.05, 4.69) is 11.8 Å². The van der Waals surface area contributed by atoms with Gasteiger partial charge in [0.15, 0.2) is 6.61 Å². The topological polar surface area (TPSA) is 29.5 Å². The Balaban J connectivity index is 1.40. The lowest BCUT2D eigenvalue weighted by molar-refractivity contribution is -0.136. The summed E-state index contributed by atoms with van der Waals surface area (Å²) in [4.78, 5) is 14.8. The van der Waals surface area contributed by atoms with Crippen LogP contribution in [0.5, 0.6) is 5.75 Å². The van der Waals surface area contributed by atoms with E-state index in [4.69, 9.17) is 4.74 Å². The van der Waals surface area contributed by atoms with E-state index in [1.165, 1.54) is 44.9 Å². The normalized spacial score (nSPS) is 33.1. The van der Waals surface area contributed by atoms with Crippen LogP contribution in [0, 0.1) is 23.2 Å². The molecule has 0 saturated heterocycles. The fourth-order valence-electron chi connectivity index (χ4n) is 6.10. The molecule has 4 aliphatic rings. The van der Waals surface area contributed by atoms with Crippen molar-refractivity contribution < 1.29 is 9.53 Å². The van der Waals surface area contributed by atoms with Gasteiger partial charge in [-0.05, 0) is 74.3 Å². The third-order valence-electron chi connectivity index (χ3n) is 6.85. The number of benzene rings is 1. The lowest BCUT2D eigenvalue weighted by Gasteiger charge is -2.50. The Labute approximate surface area is 151 Å². The molecular formula is C22H31NO2. The van der Waals surface area contributed by atoms with Gasteiger partial charge in [0.2, 0.25) is 0 Å². The second-order valence-corrected chi connectivity index (χ2v) is 8.77. The highest BCUT2D eigenvalue weighted by atomic mass is 16.5. The Morgan fingerprint density at radius 2 is 1.72 bits per heavy atom. The molecule has 1 aromatic rings. The van der Waals surface area contributed by atoms with Crippen molar-refractivity contribution in [2.24, 2.45) is 23.2 Å². The van der Waals surface area contributed by atoms with Gasteiger partial charge in [-0.3, -0.25) is 4.79 Å². The van der Waals surface area contributed by atoms with Crippen molar-refractivity contribution in [2.45, 2.75) is 51.9 Å². The van der Waals surface area contributed by atoms with Crippen molar-refractivity contribution >= 4 is 5.91 Å². The van der Waals surface area contributed by atoms with Gasteiger partial charge in [-0.1, -0.05) is 31.0 Å². The number of carbonyl (C=O) groups is 1. The van der Waals surface area contributed by atoms with Gasteiger partial charge < -0.3 is 9.64 Å². The summed E-state index contributed by atoms with van der Waals surface area (Å²) in [6.45, 7) is 4.00. The Kier molecular flexibility index (Phi) is 4.75. The van der Waals surface area contributed by atoms with Gasteiger partial charge in [-0.15, -0.1) is 0 Å². The summed E-state index contributed by atoms with van der Waals surface area (Å²) < 4.78 is 5.70. The number of likely N-dealkylation sites (N-methyl/N-ethyl adjacent to an activating group) is 1. The first-order valence-corrected chi connectivity index (χ1v) is 10.1. The predicted octanol–water partition coefficient (Wildman–Crippen LogP) is 4.52. The van der Waals surface area contributed by atoms with Crippen LogP contribution < -0.4 is 4.74 Å². The molecule has 2 atom stereocenters. The molecule has 4 fully saturated rings. The van der Waals surface area contributed by atoms with Crippen LogP contribution in [0.25, 0.3) is 0 Å². The molecule has 3 heteroatoms. The molecule has 4 saturated carbocycles. The van der Waals surface area contributed by atoms with Gasteiger partial charge in [-0.2, -0.15) is 0 Å². The Hall–Kier alpha value is -1.51. The molecule has 0 aliphatic heterocycles. The van der Waals surface area contributed by atoms with E-state index in [1.807, 2.05) is 30.3 Å². The Bertz CT molecular complexity index is 583. The number of ether oxygens (including phenoxy) is 1. The molecule has 0 spiro atoms. The van der Waals surface area contributed by atoms with Crippen molar-refractivity contribution in [1.82, 2.24) is 4.90 Å². The number of para-hydroxylation sites is 1. The second-order valence-electron chi connectivity index (χ2n) is 8.77. The third kappa shape index (κ3) is 3.70. The zero-order chi connectivity index (χ0) is 17.3. The summed E-state index contributed by atoms with van der Waals surface area (Å²) in [5, 5.41) is 0. The maximum Gasteiger partial charge on any atom is 0.260 e. The van der Waals surface area contributed by atoms with Crippen LogP contribution in [0.1, 0.15) is 51.9 Å². The third-order valence-corrected chi connectivity index (χ3v) is 6.85. The minimum atomic E-state index is 0.140. The molecule has 1 aromatic carbocycles. The fourth-order valence-corrected chi connectivity index (χ4v) is 6.10. The minimum absolute atomic E-state index is 0.140. The standard InChI is InChI=1S/C22H31NO2/c1-2-23(21(24)15-25-20-6-4-3-5-7-20)16-22-12-17-8-9-18(13-22)11-19(10-17)14-22/h3-7,17-19H,2,8-16H2,1H3/t17-,18-,19?,22?/m1/s1. The number of hydrogen-bond donors (Lipinski definition) is 0. The van der Waals surface area contributed by atoms with Crippen LogP contribution in [0.15, 0.2) is 30.3 Å². The number of nitrogens with zero attached hydrogens (tertiary/aromatic N) is 1. The highest BCUT2D eigenvalue weighted by Gasteiger charge is 2.49. The van der Waals surface area contributed by atoms with E-state index in [0.717, 1.165) is 36.6 Å². The first-order chi connectivity index (χ1) is 12.2. The summed E-state index contributed by atoms with van der Waals surface area (Å²) in [7, 11) is 0. The van der Waals surface area contributed by atoms with Gasteiger partial charge >= 0.3 is 0 Å². The predicted molar refractivity (Wildman–Crippen MR) is 99.4 cm³/mol. The zero-order valence-corrected chi connectivity index (χ0v) is 15.5. The lowest BCUT2D eigenvalue weighted by Crippen LogP contribution is -2.48. The highest BCUT2D eigenvalue weighted by Crippen LogP contribution is 2.57. The van der Waals surface area contributed by atoms with E-state index in [0.29, 0.717) is 5.41 Å². The Morgan fingerprint density at radius 3 is 2.36 bits per heavy atom. The first kappa shape index (κ1) is 16.9. The summed E-state index contributed by atoms with van der Waals surface area (Å²) in [5.41, 5.74) is 0.394. The lowest BCUT2D eigenvalue weighted by atomic mass is 9.58. The highest BCUT2D eigenvalue weighted by molar-refractivity contribution is 5.77. The van der Waals surface area contributed by atoms with Gasteiger partial charge in [0, 0.05) is 13.1 Å². The molecule has 5 rings (SSSR count). The number of carbonyl (C=O) groups excluding carboxylic acids is 1. The average molecular weight is 341 g/mol. The van der Waals surface area contributed by atoms with Crippen molar-refractivity contribution in [3.63, 3.8) is 0 Å². The van der Waals surface area contributed by atoms with Crippen LogP contribution in [-0.4, -0.2) is 30.5 Å².